The summed E-state index contributed by atoms with van der Waals surface area (Å²) in [5.41, 5.74) is 4.80. The minimum Gasteiger partial charge on any atom is -0.368 e. The molecule has 4 rings (SSSR count). The number of nitrogens with zero attached hydrogens (tertiary/aromatic N) is 4. The second-order valence-electron chi connectivity index (χ2n) is 9.67. The summed E-state index contributed by atoms with van der Waals surface area (Å²) >= 11 is 0. The summed E-state index contributed by atoms with van der Waals surface area (Å²) < 4.78 is 0. The van der Waals surface area contributed by atoms with E-state index in [1.165, 1.54) is 17.3 Å². The van der Waals surface area contributed by atoms with E-state index in [1.54, 1.807) is 6.92 Å². The van der Waals surface area contributed by atoms with Gasteiger partial charge >= 0.3 is 0 Å². The second kappa shape index (κ2) is 12.3. The van der Waals surface area contributed by atoms with Gasteiger partial charge in [-0.05, 0) is 50.3 Å². The first kappa shape index (κ1) is 26.1. The molecule has 194 valence electrons. The Kier molecular flexibility index (Phi) is 8.72. The van der Waals surface area contributed by atoms with Crippen molar-refractivity contribution in [2.75, 3.05) is 35.2 Å². The van der Waals surface area contributed by atoms with Gasteiger partial charge in [-0.15, -0.1) is 0 Å². The fourth-order valence-corrected chi connectivity index (χ4v) is 5.15. The van der Waals surface area contributed by atoms with Crippen LogP contribution in [-0.2, 0) is 28.9 Å². The topological polar surface area (TPSA) is 123 Å². The average Bonchev–Trinajstić information content (AvgIpc) is 2.90. The second-order valence-corrected chi connectivity index (χ2v) is 9.67. The molecular weight excluding hydrogens is 466 g/mol. The molecule has 1 amide bonds. The van der Waals surface area contributed by atoms with Crippen molar-refractivity contribution >= 4 is 29.1 Å². The summed E-state index contributed by atoms with van der Waals surface area (Å²) in [6.45, 7) is 6.91. The van der Waals surface area contributed by atoms with Gasteiger partial charge in [-0.2, -0.15) is 10.2 Å². The number of aryl methyl sites for hydroxylation is 1. The number of anilines is 3. The molecule has 9 heteroatoms. The number of aromatic nitrogens is 2. The molecule has 0 spiro atoms. The van der Waals surface area contributed by atoms with Crippen molar-refractivity contribution in [2.45, 2.75) is 64.0 Å². The molecule has 1 aliphatic heterocycles. The highest BCUT2D eigenvalue weighted by Crippen LogP contribution is 2.35. The van der Waals surface area contributed by atoms with Crippen LogP contribution in [0.15, 0.2) is 36.9 Å². The van der Waals surface area contributed by atoms with Gasteiger partial charge in [0.15, 0.2) is 0 Å². The highest BCUT2D eigenvalue weighted by molar-refractivity contribution is 5.87. The number of nitrogens with one attached hydrogen (secondary N) is 3. The van der Waals surface area contributed by atoms with Crippen molar-refractivity contribution in [2.24, 2.45) is 0 Å². The third-order valence-corrected chi connectivity index (χ3v) is 6.98. The lowest BCUT2D eigenvalue weighted by atomic mass is 9.89. The largest absolute Gasteiger partial charge is 0.368 e. The van der Waals surface area contributed by atoms with Gasteiger partial charge in [0.25, 0.3) is 0 Å². The van der Waals surface area contributed by atoms with Gasteiger partial charge in [0, 0.05) is 49.8 Å². The van der Waals surface area contributed by atoms with Gasteiger partial charge in [-0.25, -0.2) is 4.98 Å². The number of hydrogen-bond donors (Lipinski definition) is 3. The molecule has 2 aromatic rings. The number of carbonyl (C=O) groups is 2. The average molecular weight is 502 g/mol. The van der Waals surface area contributed by atoms with E-state index in [0.717, 1.165) is 49.9 Å². The number of nitriles is 1. The number of ketones is 1. The first-order chi connectivity index (χ1) is 18.0. The number of Topliss-reactive ketones (excluding diaryl/α,β-unsaturated/α-hetero) is 1. The monoisotopic (exact) mass is 501 g/mol. The van der Waals surface area contributed by atoms with Gasteiger partial charge < -0.3 is 20.9 Å². The van der Waals surface area contributed by atoms with Crippen molar-refractivity contribution in [3.05, 3.63) is 53.7 Å². The van der Waals surface area contributed by atoms with Crippen molar-refractivity contribution in [1.29, 1.82) is 5.26 Å². The lowest BCUT2D eigenvalue weighted by Gasteiger charge is -2.40. The number of para-hydroxylation sites is 1. The maximum atomic E-state index is 11.8. The number of rotatable bonds is 11. The summed E-state index contributed by atoms with van der Waals surface area (Å²) in [6.07, 6.45) is 6.65. The number of fused-ring (bicyclic) bond motifs is 2. The van der Waals surface area contributed by atoms with Crippen LogP contribution in [0, 0.1) is 11.3 Å². The molecule has 0 fully saturated rings. The SMILES string of the molecule is C=CC(=O)N[C@@H](CC#N)CNc1nc(NCCC(C)=O)nc2c1CCC(N1CCCc3ccccc31)C2. The molecule has 3 N–H and O–H groups in total. The quantitative estimate of drug-likeness (QED) is 0.401. The molecule has 2 heterocycles. The van der Waals surface area contributed by atoms with E-state index < -0.39 is 0 Å². The van der Waals surface area contributed by atoms with E-state index in [-0.39, 0.29) is 24.2 Å². The van der Waals surface area contributed by atoms with Gasteiger partial charge in [0.1, 0.15) is 11.6 Å². The highest BCUT2D eigenvalue weighted by Gasteiger charge is 2.30. The molecule has 0 bridgehead atoms. The molecule has 37 heavy (non-hydrogen) atoms. The van der Waals surface area contributed by atoms with Crippen molar-refractivity contribution < 1.29 is 9.59 Å². The molecule has 1 unspecified atom stereocenters. The summed E-state index contributed by atoms with van der Waals surface area (Å²) in [6, 6.07) is 10.8. The van der Waals surface area contributed by atoms with Gasteiger partial charge in [0.2, 0.25) is 11.9 Å². The minimum absolute atomic E-state index is 0.102. The van der Waals surface area contributed by atoms with Crippen LogP contribution in [-0.4, -0.2) is 53.4 Å². The predicted molar refractivity (Wildman–Crippen MR) is 145 cm³/mol. The Balaban J connectivity index is 1.56. The van der Waals surface area contributed by atoms with Crippen LogP contribution in [0.5, 0.6) is 0 Å². The Morgan fingerprint density at radius 1 is 1.27 bits per heavy atom. The standard InChI is InChI=1S/C28H35N7O2/c1-3-26(37)32-21(12-14-29)18-31-27-23-11-10-22(35-16-6-8-20-7-4-5-9-25(20)35)17-24(23)33-28(34-27)30-15-13-19(2)36/h3-5,7,9,21-22H,1,6,8,10-13,15-18H2,2H3,(H,32,37)(H2,30,31,33,34)/t21-,22?/m0/s1. The molecular formula is C28H35N7O2. The van der Waals surface area contributed by atoms with E-state index in [0.29, 0.717) is 37.3 Å². The van der Waals surface area contributed by atoms with Crippen LogP contribution < -0.4 is 20.9 Å². The third-order valence-electron chi connectivity index (χ3n) is 6.98. The van der Waals surface area contributed by atoms with Crippen LogP contribution in [0.2, 0.25) is 0 Å². The van der Waals surface area contributed by atoms with Crippen LogP contribution in [0.25, 0.3) is 0 Å². The van der Waals surface area contributed by atoms with E-state index in [2.05, 4.69) is 57.8 Å². The summed E-state index contributed by atoms with van der Waals surface area (Å²) in [4.78, 5) is 35.4. The zero-order valence-electron chi connectivity index (χ0n) is 21.4. The third kappa shape index (κ3) is 6.64. The number of benzene rings is 1. The fourth-order valence-electron chi connectivity index (χ4n) is 5.15. The van der Waals surface area contributed by atoms with E-state index >= 15 is 0 Å². The Labute approximate surface area is 218 Å². The van der Waals surface area contributed by atoms with Crippen molar-refractivity contribution in [1.82, 2.24) is 15.3 Å². The lowest BCUT2D eigenvalue weighted by molar-refractivity contribution is -0.117. The molecule has 9 nitrogen and oxygen atoms in total. The fraction of sp³-hybridized carbons (Fsp3) is 0.464. The first-order valence-electron chi connectivity index (χ1n) is 13.0. The first-order valence-corrected chi connectivity index (χ1v) is 13.0. The predicted octanol–water partition coefficient (Wildman–Crippen LogP) is 3.17. The normalized spacial score (nSPS) is 17.0. The van der Waals surface area contributed by atoms with Gasteiger partial charge in [-0.1, -0.05) is 24.8 Å². The van der Waals surface area contributed by atoms with Crippen LogP contribution in [0.1, 0.15) is 49.4 Å². The van der Waals surface area contributed by atoms with Gasteiger partial charge in [0.05, 0.1) is 24.2 Å². The number of hydrogen-bond acceptors (Lipinski definition) is 8. The Hall–Kier alpha value is -3.93. The number of amides is 1. The van der Waals surface area contributed by atoms with E-state index in [1.807, 2.05) is 0 Å². The maximum absolute atomic E-state index is 11.8. The zero-order chi connectivity index (χ0) is 26.2. The molecule has 0 saturated heterocycles. The molecule has 1 aromatic carbocycles. The summed E-state index contributed by atoms with van der Waals surface area (Å²) in [7, 11) is 0. The number of carbonyl (C=O) groups excluding carboxylic acids is 2. The molecule has 2 aliphatic rings. The molecule has 0 saturated carbocycles. The Morgan fingerprint density at radius 2 is 2.11 bits per heavy atom. The molecule has 1 aromatic heterocycles. The maximum Gasteiger partial charge on any atom is 0.243 e. The van der Waals surface area contributed by atoms with Crippen molar-refractivity contribution in [3.63, 3.8) is 0 Å². The Bertz CT molecular complexity index is 1190. The smallest absolute Gasteiger partial charge is 0.243 e. The molecule has 2 atom stereocenters. The lowest BCUT2D eigenvalue weighted by Crippen LogP contribution is -2.43. The van der Waals surface area contributed by atoms with E-state index in [4.69, 9.17) is 9.97 Å². The van der Waals surface area contributed by atoms with Crippen LogP contribution >= 0.6 is 0 Å². The molecule has 1 aliphatic carbocycles. The minimum atomic E-state index is -0.378. The Morgan fingerprint density at radius 3 is 2.89 bits per heavy atom. The van der Waals surface area contributed by atoms with Crippen LogP contribution in [0.3, 0.4) is 0 Å². The highest BCUT2D eigenvalue weighted by atomic mass is 16.1. The van der Waals surface area contributed by atoms with Crippen LogP contribution in [0.4, 0.5) is 17.5 Å². The van der Waals surface area contributed by atoms with Crippen molar-refractivity contribution in [3.8, 4) is 6.07 Å². The zero-order valence-corrected chi connectivity index (χ0v) is 21.4. The summed E-state index contributed by atoms with van der Waals surface area (Å²) in [5.74, 6) is 0.978. The van der Waals surface area contributed by atoms with Gasteiger partial charge in [-0.3, -0.25) is 9.59 Å². The molecule has 0 radical (unpaired) electrons. The summed E-state index contributed by atoms with van der Waals surface area (Å²) in [5, 5.41) is 18.6. The van der Waals surface area contributed by atoms with E-state index in [9.17, 15) is 14.9 Å².